The van der Waals surface area contributed by atoms with E-state index in [1.807, 2.05) is 13.8 Å². The van der Waals surface area contributed by atoms with Crippen LogP contribution in [0.1, 0.15) is 25.3 Å². The Hall–Kier alpha value is -1.69. The molecule has 0 saturated carbocycles. The van der Waals surface area contributed by atoms with Crippen LogP contribution in [0.2, 0.25) is 0 Å². The van der Waals surface area contributed by atoms with E-state index in [0.717, 1.165) is 5.56 Å². The highest BCUT2D eigenvalue weighted by Crippen LogP contribution is 2.32. The smallest absolute Gasteiger partial charge is 0.160 e. The molecule has 0 bridgehead atoms. The van der Waals surface area contributed by atoms with Crippen molar-refractivity contribution >= 4 is 0 Å². The molecule has 1 rings (SSSR count). The molecule has 1 N–H and O–H groups in total. The predicted octanol–water partition coefficient (Wildman–Crippen LogP) is 2.66. The number of phenolic OH excluding ortho intramolecular Hbond substituents is 1. The number of methoxy groups -OCH3 is 1. The first-order valence-electron chi connectivity index (χ1n) is 4.86. The van der Waals surface area contributed by atoms with Gasteiger partial charge in [-0.25, -0.2) is 0 Å². The Morgan fingerprint density at radius 3 is 2.53 bits per heavy atom. The molecule has 0 fully saturated rings. The molecule has 1 atom stereocenters. The van der Waals surface area contributed by atoms with E-state index in [2.05, 4.69) is 6.07 Å². The van der Waals surface area contributed by atoms with E-state index in [1.54, 1.807) is 18.2 Å². The minimum atomic E-state index is -0.167. The molecule has 0 aromatic heterocycles. The lowest BCUT2D eigenvalue weighted by Gasteiger charge is -2.14. The van der Waals surface area contributed by atoms with E-state index in [1.165, 1.54) is 7.11 Å². The van der Waals surface area contributed by atoms with Crippen molar-refractivity contribution in [1.82, 2.24) is 0 Å². The van der Waals surface area contributed by atoms with Crippen molar-refractivity contribution in [2.75, 3.05) is 7.11 Å². The summed E-state index contributed by atoms with van der Waals surface area (Å²) in [6.45, 7) is 3.99. The molecule has 0 heterocycles. The molecule has 0 spiro atoms. The molecule has 3 nitrogen and oxygen atoms in total. The van der Waals surface area contributed by atoms with Crippen molar-refractivity contribution < 1.29 is 9.84 Å². The van der Waals surface area contributed by atoms with E-state index < -0.39 is 0 Å². The molecule has 0 amide bonds. The maximum atomic E-state index is 9.42. The van der Waals surface area contributed by atoms with Crippen LogP contribution in [-0.4, -0.2) is 12.2 Å². The lowest BCUT2D eigenvalue weighted by Crippen LogP contribution is -2.04. The summed E-state index contributed by atoms with van der Waals surface area (Å²) in [7, 11) is 1.50. The largest absolute Gasteiger partial charge is 0.504 e. The molecular formula is C12H15NO2. The Morgan fingerprint density at radius 1 is 1.40 bits per heavy atom. The molecule has 15 heavy (non-hydrogen) atoms. The van der Waals surface area contributed by atoms with Gasteiger partial charge in [0.25, 0.3) is 0 Å². The lowest BCUT2D eigenvalue weighted by atomic mass is 9.90. The second-order valence-corrected chi connectivity index (χ2v) is 3.78. The first kappa shape index (κ1) is 11.4. The summed E-state index contributed by atoms with van der Waals surface area (Å²) in [5.74, 6) is 0.582. The summed E-state index contributed by atoms with van der Waals surface area (Å²) in [6.07, 6.45) is 0. The van der Waals surface area contributed by atoms with Gasteiger partial charge in [0.2, 0.25) is 0 Å². The van der Waals surface area contributed by atoms with Crippen LogP contribution >= 0.6 is 0 Å². The Bertz CT molecular complexity index is 380. The third-order valence-corrected chi connectivity index (χ3v) is 2.37. The highest BCUT2D eigenvalue weighted by atomic mass is 16.5. The van der Waals surface area contributed by atoms with Crippen LogP contribution in [0.25, 0.3) is 0 Å². The van der Waals surface area contributed by atoms with Gasteiger partial charge in [0.15, 0.2) is 11.5 Å². The van der Waals surface area contributed by atoms with Gasteiger partial charge in [-0.05, 0) is 23.6 Å². The van der Waals surface area contributed by atoms with Gasteiger partial charge in [-0.15, -0.1) is 0 Å². The summed E-state index contributed by atoms with van der Waals surface area (Å²) in [6, 6.07) is 7.28. The van der Waals surface area contributed by atoms with Crippen molar-refractivity contribution in [3.63, 3.8) is 0 Å². The zero-order valence-corrected chi connectivity index (χ0v) is 9.19. The van der Waals surface area contributed by atoms with Gasteiger partial charge >= 0.3 is 0 Å². The number of rotatable bonds is 3. The van der Waals surface area contributed by atoms with Gasteiger partial charge in [0, 0.05) is 0 Å². The summed E-state index contributed by atoms with van der Waals surface area (Å²) < 4.78 is 5.00. The molecule has 1 aromatic carbocycles. The Balaban J connectivity index is 3.10. The van der Waals surface area contributed by atoms with Crippen molar-refractivity contribution in [1.29, 1.82) is 5.26 Å². The summed E-state index contributed by atoms with van der Waals surface area (Å²) in [5.41, 5.74) is 0.877. The van der Waals surface area contributed by atoms with E-state index in [4.69, 9.17) is 10.00 Å². The van der Waals surface area contributed by atoms with E-state index in [-0.39, 0.29) is 17.6 Å². The quantitative estimate of drug-likeness (QED) is 0.825. The topological polar surface area (TPSA) is 53.2 Å². The molecule has 0 radical (unpaired) electrons. The SMILES string of the molecule is COc1cc(C(C#N)C(C)C)ccc1O. The van der Waals surface area contributed by atoms with Gasteiger partial charge in [0.1, 0.15) is 0 Å². The minimum absolute atomic E-state index is 0.0988. The highest BCUT2D eigenvalue weighted by molar-refractivity contribution is 5.44. The fourth-order valence-corrected chi connectivity index (χ4v) is 1.50. The normalized spacial score (nSPS) is 12.2. The van der Waals surface area contributed by atoms with Crippen LogP contribution in [0.4, 0.5) is 0 Å². The second kappa shape index (κ2) is 4.70. The average molecular weight is 205 g/mol. The lowest BCUT2D eigenvalue weighted by molar-refractivity contribution is 0.372. The summed E-state index contributed by atoms with van der Waals surface area (Å²) in [5, 5.41) is 18.4. The Labute approximate surface area is 89.9 Å². The molecule has 0 aliphatic heterocycles. The molecule has 0 aliphatic carbocycles. The molecule has 1 unspecified atom stereocenters. The van der Waals surface area contributed by atoms with Gasteiger partial charge in [-0.3, -0.25) is 0 Å². The molecular weight excluding hydrogens is 190 g/mol. The molecule has 1 aromatic rings. The predicted molar refractivity (Wildman–Crippen MR) is 57.9 cm³/mol. The third kappa shape index (κ3) is 2.41. The van der Waals surface area contributed by atoms with Crippen LogP contribution in [-0.2, 0) is 0 Å². The molecule has 3 heteroatoms. The zero-order valence-electron chi connectivity index (χ0n) is 9.19. The number of aromatic hydroxyl groups is 1. The van der Waals surface area contributed by atoms with Gasteiger partial charge in [-0.1, -0.05) is 19.9 Å². The van der Waals surface area contributed by atoms with Gasteiger partial charge in [-0.2, -0.15) is 5.26 Å². The fourth-order valence-electron chi connectivity index (χ4n) is 1.50. The highest BCUT2D eigenvalue weighted by Gasteiger charge is 2.16. The van der Waals surface area contributed by atoms with Crippen molar-refractivity contribution in [2.45, 2.75) is 19.8 Å². The second-order valence-electron chi connectivity index (χ2n) is 3.78. The molecule has 80 valence electrons. The number of ether oxygens (including phenoxy) is 1. The number of phenols is 1. The first-order valence-corrected chi connectivity index (χ1v) is 4.86. The maximum Gasteiger partial charge on any atom is 0.160 e. The maximum absolute atomic E-state index is 9.42. The van der Waals surface area contributed by atoms with Crippen LogP contribution in [0.3, 0.4) is 0 Å². The fraction of sp³-hybridized carbons (Fsp3) is 0.417. The molecule has 0 aliphatic rings. The number of nitriles is 1. The van der Waals surface area contributed by atoms with E-state index >= 15 is 0 Å². The van der Waals surface area contributed by atoms with Crippen molar-refractivity contribution in [3.8, 4) is 17.6 Å². The number of hydrogen-bond acceptors (Lipinski definition) is 3. The van der Waals surface area contributed by atoms with Crippen LogP contribution in [0.15, 0.2) is 18.2 Å². The number of hydrogen-bond donors (Lipinski definition) is 1. The number of benzene rings is 1. The summed E-state index contributed by atoms with van der Waals surface area (Å²) >= 11 is 0. The monoisotopic (exact) mass is 205 g/mol. The van der Waals surface area contributed by atoms with Crippen LogP contribution in [0.5, 0.6) is 11.5 Å². The Morgan fingerprint density at radius 2 is 2.07 bits per heavy atom. The first-order chi connectivity index (χ1) is 7.10. The Kier molecular flexibility index (Phi) is 3.56. The van der Waals surface area contributed by atoms with Gasteiger partial charge in [0.05, 0.1) is 19.1 Å². The van der Waals surface area contributed by atoms with Crippen LogP contribution in [0, 0.1) is 17.2 Å². The number of nitrogens with zero attached hydrogens (tertiary/aromatic N) is 1. The summed E-state index contributed by atoms with van der Waals surface area (Å²) in [4.78, 5) is 0. The van der Waals surface area contributed by atoms with Gasteiger partial charge < -0.3 is 9.84 Å². The van der Waals surface area contributed by atoms with Crippen molar-refractivity contribution in [2.24, 2.45) is 5.92 Å². The minimum Gasteiger partial charge on any atom is -0.504 e. The van der Waals surface area contributed by atoms with E-state index in [9.17, 15) is 5.11 Å². The van der Waals surface area contributed by atoms with Crippen LogP contribution < -0.4 is 4.74 Å². The van der Waals surface area contributed by atoms with E-state index in [0.29, 0.717) is 5.75 Å². The zero-order chi connectivity index (χ0) is 11.4. The van der Waals surface area contributed by atoms with Crippen molar-refractivity contribution in [3.05, 3.63) is 23.8 Å². The third-order valence-electron chi connectivity index (χ3n) is 2.37. The molecule has 0 saturated heterocycles. The average Bonchev–Trinajstić information content (AvgIpc) is 2.21. The standard InChI is InChI=1S/C12H15NO2/c1-8(2)10(7-13)9-4-5-11(14)12(6-9)15-3/h4-6,8,10,14H,1-3H3.